The Hall–Kier alpha value is -1.86. The molecule has 0 saturated carbocycles. The van der Waals surface area contributed by atoms with E-state index in [0.717, 1.165) is 6.29 Å². The van der Waals surface area contributed by atoms with E-state index in [4.69, 9.17) is 5.84 Å². The molecule has 4 nitrogen and oxygen atoms in total. The summed E-state index contributed by atoms with van der Waals surface area (Å²) in [7, 11) is 0. The van der Waals surface area contributed by atoms with Gasteiger partial charge in [-0.2, -0.15) is 0 Å². The van der Waals surface area contributed by atoms with Crippen LogP contribution in [0.15, 0.2) is 18.2 Å². The molecule has 0 aliphatic heterocycles. The van der Waals surface area contributed by atoms with E-state index in [1.165, 1.54) is 0 Å². The van der Waals surface area contributed by atoms with Crippen molar-refractivity contribution >= 4 is 12.1 Å². The van der Waals surface area contributed by atoms with Crippen LogP contribution in [-0.2, 0) is 4.79 Å². The van der Waals surface area contributed by atoms with Gasteiger partial charge in [-0.05, 0) is 18.1 Å². The summed E-state index contributed by atoms with van der Waals surface area (Å²) in [4.78, 5) is 14.0. The van der Waals surface area contributed by atoms with Gasteiger partial charge in [-0.3, -0.25) is 0 Å². The zero-order chi connectivity index (χ0) is 9.52. The van der Waals surface area contributed by atoms with Crippen molar-refractivity contribution in [3.05, 3.63) is 23.9 Å². The fourth-order valence-corrected chi connectivity index (χ4v) is 0.768. The van der Waals surface area contributed by atoms with Gasteiger partial charge in [-0.1, -0.05) is 12.0 Å². The van der Waals surface area contributed by atoms with Crippen molar-refractivity contribution in [3.8, 4) is 11.8 Å². The van der Waals surface area contributed by atoms with E-state index in [2.05, 4.69) is 22.3 Å². The molecule has 0 amide bonds. The largest absolute Gasteiger partial charge is 0.308 e. The van der Waals surface area contributed by atoms with Gasteiger partial charge in [-0.15, -0.1) is 0 Å². The predicted molar refractivity (Wildman–Crippen MR) is 49.6 cm³/mol. The van der Waals surface area contributed by atoms with Gasteiger partial charge in [0.2, 0.25) is 0 Å². The van der Waals surface area contributed by atoms with Crippen molar-refractivity contribution in [1.82, 2.24) is 4.98 Å². The molecule has 3 N–H and O–H groups in total. The first-order valence-corrected chi connectivity index (χ1v) is 3.73. The maximum atomic E-state index is 9.96. The summed E-state index contributed by atoms with van der Waals surface area (Å²) in [6, 6.07) is 5.26. The molecule has 66 valence electrons. The van der Waals surface area contributed by atoms with Crippen LogP contribution in [0.4, 0.5) is 5.82 Å². The standard InChI is InChI=1S/C9H9N3O/c10-12-9-6-3-5-8(11-9)4-1-2-7-13/h3,5-7H,2,10H2,(H,11,12). The van der Waals surface area contributed by atoms with E-state index in [1.807, 2.05) is 0 Å². The Morgan fingerprint density at radius 2 is 2.46 bits per heavy atom. The number of hydrazine groups is 1. The number of anilines is 1. The lowest BCUT2D eigenvalue weighted by Gasteiger charge is -1.96. The zero-order valence-corrected chi connectivity index (χ0v) is 6.95. The summed E-state index contributed by atoms with van der Waals surface area (Å²) in [6.45, 7) is 0. The highest BCUT2D eigenvalue weighted by Crippen LogP contribution is 2.01. The number of carbonyl (C=O) groups excluding carboxylic acids is 1. The Balaban J connectivity index is 2.78. The molecule has 0 bridgehead atoms. The molecule has 1 aromatic rings. The molecule has 4 heteroatoms. The molecule has 0 fully saturated rings. The first-order chi connectivity index (χ1) is 6.36. The second kappa shape index (κ2) is 4.91. The van der Waals surface area contributed by atoms with E-state index in [-0.39, 0.29) is 6.42 Å². The Labute approximate surface area is 76.1 Å². The van der Waals surface area contributed by atoms with Crippen LogP contribution in [0, 0.1) is 11.8 Å². The molecule has 0 saturated heterocycles. The van der Waals surface area contributed by atoms with E-state index < -0.39 is 0 Å². The molecule has 1 aromatic heterocycles. The lowest BCUT2D eigenvalue weighted by atomic mass is 10.3. The number of nitrogens with zero attached hydrogens (tertiary/aromatic N) is 1. The highest BCUT2D eigenvalue weighted by Gasteiger charge is 1.90. The Morgan fingerprint density at radius 3 is 3.15 bits per heavy atom. The molecule has 1 rings (SSSR count). The van der Waals surface area contributed by atoms with Crippen molar-refractivity contribution in [2.24, 2.45) is 5.84 Å². The van der Waals surface area contributed by atoms with Crippen molar-refractivity contribution in [3.63, 3.8) is 0 Å². The number of hydrogen-bond acceptors (Lipinski definition) is 4. The topological polar surface area (TPSA) is 68.0 Å². The van der Waals surface area contributed by atoms with Gasteiger partial charge in [0.15, 0.2) is 0 Å². The number of aldehydes is 1. The zero-order valence-electron chi connectivity index (χ0n) is 6.95. The number of pyridine rings is 1. The lowest BCUT2D eigenvalue weighted by Crippen LogP contribution is -2.08. The van der Waals surface area contributed by atoms with Crippen LogP contribution in [0.3, 0.4) is 0 Å². The monoisotopic (exact) mass is 175 g/mol. The number of rotatable bonds is 2. The minimum atomic E-state index is 0.224. The van der Waals surface area contributed by atoms with E-state index in [0.29, 0.717) is 11.5 Å². The SMILES string of the molecule is NNc1cccc(C#CCC=O)n1. The molecule has 0 aromatic carbocycles. The summed E-state index contributed by atoms with van der Waals surface area (Å²) in [6.07, 6.45) is 0.972. The van der Waals surface area contributed by atoms with Gasteiger partial charge in [0.25, 0.3) is 0 Å². The Bertz CT molecular complexity index is 351. The minimum Gasteiger partial charge on any atom is -0.308 e. The minimum absolute atomic E-state index is 0.224. The number of nitrogens with one attached hydrogen (secondary N) is 1. The summed E-state index contributed by atoms with van der Waals surface area (Å²) in [5.74, 6) is 11.1. The summed E-state index contributed by atoms with van der Waals surface area (Å²) >= 11 is 0. The van der Waals surface area contributed by atoms with Gasteiger partial charge in [-0.25, -0.2) is 10.8 Å². The first-order valence-electron chi connectivity index (χ1n) is 3.73. The third-order valence-corrected chi connectivity index (χ3v) is 1.30. The second-order valence-electron chi connectivity index (χ2n) is 2.22. The van der Waals surface area contributed by atoms with Gasteiger partial charge >= 0.3 is 0 Å². The van der Waals surface area contributed by atoms with Gasteiger partial charge in [0, 0.05) is 0 Å². The van der Waals surface area contributed by atoms with E-state index in [1.54, 1.807) is 18.2 Å². The van der Waals surface area contributed by atoms with Crippen molar-refractivity contribution in [1.29, 1.82) is 0 Å². The van der Waals surface area contributed by atoms with Gasteiger partial charge in [0.05, 0.1) is 6.42 Å². The Kier molecular flexibility index (Phi) is 3.48. The molecule has 0 spiro atoms. The van der Waals surface area contributed by atoms with E-state index in [9.17, 15) is 4.79 Å². The average Bonchev–Trinajstić information content (AvgIpc) is 2.19. The second-order valence-corrected chi connectivity index (χ2v) is 2.22. The highest BCUT2D eigenvalue weighted by atomic mass is 16.1. The molecule has 0 aliphatic carbocycles. The van der Waals surface area contributed by atoms with Crippen LogP contribution in [0.25, 0.3) is 0 Å². The fraction of sp³-hybridized carbons (Fsp3) is 0.111. The third-order valence-electron chi connectivity index (χ3n) is 1.30. The molecule has 0 aliphatic rings. The number of carbonyl (C=O) groups is 1. The molecular weight excluding hydrogens is 166 g/mol. The smallest absolute Gasteiger partial charge is 0.141 e. The number of nitrogens with two attached hydrogens (primary N) is 1. The van der Waals surface area contributed by atoms with Crippen LogP contribution < -0.4 is 11.3 Å². The third kappa shape index (κ3) is 2.93. The van der Waals surface area contributed by atoms with Crippen LogP contribution in [0.2, 0.25) is 0 Å². The molecule has 0 radical (unpaired) electrons. The predicted octanol–water partition coefficient (Wildman–Crippen LogP) is 0.308. The van der Waals surface area contributed by atoms with Crippen molar-refractivity contribution in [2.75, 3.05) is 5.43 Å². The normalized spacial score (nSPS) is 8.38. The molecule has 0 unspecified atom stereocenters. The van der Waals surface area contributed by atoms with E-state index >= 15 is 0 Å². The molecule has 0 atom stereocenters. The van der Waals surface area contributed by atoms with Crippen LogP contribution in [0.1, 0.15) is 12.1 Å². The summed E-state index contributed by atoms with van der Waals surface area (Å²) in [5, 5.41) is 0. The van der Waals surface area contributed by atoms with Gasteiger partial charge < -0.3 is 10.2 Å². The average molecular weight is 175 g/mol. The van der Waals surface area contributed by atoms with Crippen molar-refractivity contribution in [2.45, 2.75) is 6.42 Å². The maximum Gasteiger partial charge on any atom is 0.141 e. The van der Waals surface area contributed by atoms with Crippen molar-refractivity contribution < 1.29 is 4.79 Å². The number of hydrogen-bond donors (Lipinski definition) is 2. The number of nitrogen functional groups attached to an aromatic ring is 1. The Morgan fingerprint density at radius 1 is 1.62 bits per heavy atom. The summed E-state index contributed by atoms with van der Waals surface area (Å²) in [5.41, 5.74) is 3.00. The van der Waals surface area contributed by atoms with Gasteiger partial charge in [0.1, 0.15) is 17.8 Å². The summed E-state index contributed by atoms with van der Waals surface area (Å²) < 4.78 is 0. The lowest BCUT2D eigenvalue weighted by molar-refractivity contribution is -0.107. The number of aromatic nitrogens is 1. The maximum absolute atomic E-state index is 9.96. The van der Waals surface area contributed by atoms with Crippen LogP contribution in [0.5, 0.6) is 0 Å². The van der Waals surface area contributed by atoms with Crippen LogP contribution in [-0.4, -0.2) is 11.3 Å². The molecule has 13 heavy (non-hydrogen) atoms. The molecular formula is C9H9N3O. The quantitative estimate of drug-likeness (QED) is 0.294. The first kappa shape index (κ1) is 9.23. The highest BCUT2D eigenvalue weighted by molar-refractivity contribution is 5.54. The fourth-order valence-electron chi connectivity index (χ4n) is 0.768. The van der Waals surface area contributed by atoms with Crippen LogP contribution >= 0.6 is 0 Å². The molecule has 1 heterocycles.